The fourth-order valence-electron chi connectivity index (χ4n) is 4.29. The van der Waals surface area contributed by atoms with Crippen LogP contribution in [0.25, 0.3) is 0 Å². The minimum atomic E-state index is -0.707. The predicted octanol–water partition coefficient (Wildman–Crippen LogP) is 2.21. The lowest BCUT2D eigenvalue weighted by atomic mass is 10.2. The molecule has 0 unspecified atom stereocenters. The van der Waals surface area contributed by atoms with Crippen LogP contribution in [-0.4, -0.2) is 75.6 Å². The van der Waals surface area contributed by atoms with Crippen LogP contribution in [0.3, 0.4) is 0 Å². The van der Waals surface area contributed by atoms with E-state index in [1.54, 1.807) is 27.9 Å². The summed E-state index contributed by atoms with van der Waals surface area (Å²) in [5, 5.41) is 18.6. The maximum atomic E-state index is 15.1. The molecule has 0 aliphatic carbocycles. The molecule has 13 nitrogen and oxygen atoms in total. The number of hydrogen-bond donors (Lipinski definition) is 0. The molecule has 2 saturated heterocycles. The van der Waals surface area contributed by atoms with Crippen LogP contribution in [0.15, 0.2) is 40.9 Å². The first-order valence-corrected chi connectivity index (χ1v) is 11.2. The van der Waals surface area contributed by atoms with Crippen molar-refractivity contribution < 1.29 is 28.1 Å². The van der Waals surface area contributed by atoms with Gasteiger partial charge in [-0.15, -0.1) is 5.10 Å². The maximum absolute atomic E-state index is 15.1. The third-order valence-corrected chi connectivity index (χ3v) is 6.05. The summed E-state index contributed by atoms with van der Waals surface area (Å²) in [6, 6.07) is 6.94. The molecule has 2 fully saturated rings. The van der Waals surface area contributed by atoms with E-state index in [2.05, 4.69) is 10.3 Å². The zero-order chi connectivity index (χ0) is 25.4. The van der Waals surface area contributed by atoms with E-state index in [0.29, 0.717) is 31.0 Å². The van der Waals surface area contributed by atoms with Crippen molar-refractivity contribution in [1.29, 1.82) is 0 Å². The number of furan rings is 1. The molecular formula is C22H22FN7O6. The maximum Gasteiger partial charge on any atom is 0.433 e. The van der Waals surface area contributed by atoms with Gasteiger partial charge in [-0.05, 0) is 31.2 Å². The standard InChI is InChI=1S/C22H22FN7O6/c1-14-11-28(25-24-14)12-16-13-29(22(32)35-16)15-2-3-18(17(23)10-15)26-6-8-27(9-7-26)21(31)19-4-5-20(36-19)30(33)34/h2-5,10-11,16H,6-9,12-13H2,1H3/t16-/m0/s1. The topological polar surface area (TPSA) is 140 Å². The van der Waals surface area contributed by atoms with Gasteiger partial charge in [0.25, 0.3) is 5.91 Å². The van der Waals surface area contributed by atoms with E-state index in [1.165, 1.54) is 21.9 Å². The summed E-state index contributed by atoms with van der Waals surface area (Å²) in [6.07, 6.45) is 0.744. The van der Waals surface area contributed by atoms with Crippen LogP contribution in [0.1, 0.15) is 16.2 Å². The predicted molar refractivity (Wildman–Crippen MR) is 122 cm³/mol. The average Bonchev–Trinajstić information content (AvgIpc) is 3.59. The highest BCUT2D eigenvalue weighted by atomic mass is 19.1. The molecule has 14 heteroatoms. The monoisotopic (exact) mass is 499 g/mol. The minimum absolute atomic E-state index is 0.111. The van der Waals surface area contributed by atoms with Crippen LogP contribution in [-0.2, 0) is 11.3 Å². The first-order chi connectivity index (χ1) is 17.3. The van der Waals surface area contributed by atoms with Crippen molar-refractivity contribution in [2.24, 2.45) is 0 Å². The van der Waals surface area contributed by atoms with Gasteiger partial charge in [0.1, 0.15) is 16.8 Å². The molecule has 5 rings (SSSR count). The number of hydrogen-bond acceptors (Lipinski definition) is 9. The number of nitro groups is 1. The Bertz CT molecular complexity index is 1320. The largest absolute Gasteiger partial charge is 0.442 e. The number of halogens is 1. The minimum Gasteiger partial charge on any atom is -0.442 e. The van der Waals surface area contributed by atoms with E-state index in [-0.39, 0.29) is 25.4 Å². The first kappa shape index (κ1) is 23.3. The lowest BCUT2D eigenvalue weighted by Crippen LogP contribution is -2.49. The number of benzene rings is 1. The van der Waals surface area contributed by atoms with Gasteiger partial charge in [-0.1, -0.05) is 5.21 Å². The number of rotatable bonds is 6. The van der Waals surface area contributed by atoms with E-state index < -0.39 is 34.7 Å². The number of ether oxygens (including phenoxy) is 1. The van der Waals surface area contributed by atoms with E-state index in [0.717, 1.165) is 11.8 Å². The average molecular weight is 499 g/mol. The SMILES string of the molecule is Cc1cn(C[C@H]2CN(c3ccc(N4CCN(C(=O)c5ccc([N+](=O)[O-])o5)CC4)c(F)c3)C(=O)O2)nn1. The Morgan fingerprint density at radius 1 is 1.22 bits per heavy atom. The van der Waals surface area contributed by atoms with Crippen molar-refractivity contribution in [1.82, 2.24) is 19.9 Å². The van der Waals surface area contributed by atoms with Crippen LogP contribution in [0.4, 0.5) is 26.4 Å². The molecule has 1 atom stereocenters. The highest BCUT2D eigenvalue weighted by Gasteiger charge is 2.34. The van der Waals surface area contributed by atoms with E-state index in [1.807, 2.05) is 6.92 Å². The van der Waals surface area contributed by atoms with Crippen molar-refractivity contribution in [2.45, 2.75) is 19.6 Å². The van der Waals surface area contributed by atoms with Crippen LogP contribution >= 0.6 is 0 Å². The van der Waals surface area contributed by atoms with Gasteiger partial charge in [0.15, 0.2) is 5.76 Å². The molecule has 2 amide bonds. The van der Waals surface area contributed by atoms with Gasteiger partial charge < -0.3 is 19.0 Å². The Kier molecular flexibility index (Phi) is 6.00. The summed E-state index contributed by atoms with van der Waals surface area (Å²) in [5.74, 6) is -1.57. The van der Waals surface area contributed by atoms with Gasteiger partial charge in [-0.25, -0.2) is 13.9 Å². The van der Waals surface area contributed by atoms with Gasteiger partial charge in [-0.2, -0.15) is 0 Å². The van der Waals surface area contributed by atoms with Crippen molar-refractivity contribution in [2.75, 3.05) is 42.5 Å². The lowest BCUT2D eigenvalue weighted by molar-refractivity contribution is -0.402. The van der Waals surface area contributed by atoms with Gasteiger partial charge in [0.05, 0.1) is 36.2 Å². The second-order valence-electron chi connectivity index (χ2n) is 8.51. The smallest absolute Gasteiger partial charge is 0.433 e. The van der Waals surface area contributed by atoms with Gasteiger partial charge >= 0.3 is 12.0 Å². The Morgan fingerprint density at radius 3 is 2.64 bits per heavy atom. The first-order valence-electron chi connectivity index (χ1n) is 11.2. The summed E-state index contributed by atoms with van der Waals surface area (Å²) in [5.41, 5.74) is 1.48. The fraction of sp³-hybridized carbons (Fsp3) is 0.364. The molecule has 188 valence electrons. The summed E-state index contributed by atoms with van der Waals surface area (Å²) in [7, 11) is 0. The van der Waals surface area contributed by atoms with E-state index >= 15 is 4.39 Å². The third-order valence-electron chi connectivity index (χ3n) is 6.05. The highest BCUT2D eigenvalue weighted by molar-refractivity contribution is 5.92. The zero-order valence-electron chi connectivity index (χ0n) is 19.2. The van der Waals surface area contributed by atoms with E-state index in [9.17, 15) is 19.7 Å². The molecule has 0 N–H and O–H groups in total. The van der Waals surface area contributed by atoms with Crippen molar-refractivity contribution >= 4 is 29.3 Å². The number of carbonyl (C=O) groups is 2. The van der Waals surface area contributed by atoms with Gasteiger partial charge in [0.2, 0.25) is 0 Å². The molecule has 0 radical (unpaired) electrons. The molecule has 2 aliphatic rings. The quantitative estimate of drug-likeness (QED) is 0.369. The summed E-state index contributed by atoms with van der Waals surface area (Å²) < 4.78 is 27.0. The highest BCUT2D eigenvalue weighted by Crippen LogP contribution is 2.29. The number of nitrogens with zero attached hydrogens (tertiary/aromatic N) is 7. The van der Waals surface area contributed by atoms with Crippen LogP contribution < -0.4 is 9.80 Å². The van der Waals surface area contributed by atoms with Crippen LogP contribution in [0.2, 0.25) is 0 Å². The van der Waals surface area contributed by atoms with E-state index in [4.69, 9.17) is 9.15 Å². The molecule has 0 bridgehead atoms. The second kappa shape index (κ2) is 9.28. The van der Waals surface area contributed by atoms with Crippen LogP contribution in [0.5, 0.6) is 0 Å². The van der Waals surface area contributed by atoms with Crippen molar-refractivity contribution in [3.05, 3.63) is 63.9 Å². The number of amides is 2. The summed E-state index contributed by atoms with van der Waals surface area (Å²) in [6.45, 7) is 3.70. The van der Waals surface area contributed by atoms with Crippen molar-refractivity contribution in [3.63, 3.8) is 0 Å². The Labute approximate surface area is 203 Å². The van der Waals surface area contributed by atoms with Gasteiger partial charge in [-0.3, -0.25) is 19.8 Å². The third kappa shape index (κ3) is 4.56. The number of carbonyl (C=O) groups excluding carboxylic acids is 2. The fourth-order valence-corrected chi connectivity index (χ4v) is 4.29. The number of aromatic nitrogens is 3. The number of aryl methyl sites for hydroxylation is 1. The molecule has 0 spiro atoms. The number of piperazine rings is 1. The summed E-state index contributed by atoms with van der Waals surface area (Å²) >= 11 is 0. The molecular weight excluding hydrogens is 477 g/mol. The summed E-state index contributed by atoms with van der Waals surface area (Å²) in [4.78, 5) is 39.7. The molecule has 36 heavy (non-hydrogen) atoms. The zero-order valence-corrected chi connectivity index (χ0v) is 19.2. The Morgan fingerprint density at radius 2 is 2.00 bits per heavy atom. The Hall–Kier alpha value is -4.49. The number of anilines is 2. The Balaban J connectivity index is 1.20. The molecule has 4 heterocycles. The molecule has 0 saturated carbocycles. The van der Waals surface area contributed by atoms with Crippen LogP contribution in [0, 0.1) is 22.9 Å². The van der Waals surface area contributed by atoms with Crippen molar-refractivity contribution in [3.8, 4) is 0 Å². The second-order valence-corrected chi connectivity index (χ2v) is 8.51. The molecule has 1 aromatic carbocycles. The van der Waals surface area contributed by atoms with Gasteiger partial charge in [0, 0.05) is 32.4 Å². The number of cyclic esters (lactones) is 1. The lowest BCUT2D eigenvalue weighted by Gasteiger charge is -2.36. The normalized spacial score (nSPS) is 18.0. The molecule has 2 aliphatic heterocycles. The molecule has 3 aromatic rings. The molecule has 2 aromatic heterocycles.